The summed E-state index contributed by atoms with van der Waals surface area (Å²) in [6.07, 6.45) is 0. The van der Waals surface area contributed by atoms with Gasteiger partial charge in [0.05, 0.1) is 16.3 Å². The first-order valence-electron chi connectivity index (χ1n) is 9.09. The molecule has 2 aromatic carbocycles. The molecule has 3 rings (SSSR count). The first kappa shape index (κ1) is 23.3. The third-order valence-electron chi connectivity index (χ3n) is 4.26. The number of hydrogen-bond acceptors (Lipinski definition) is 5. The van der Waals surface area contributed by atoms with Crippen molar-refractivity contribution in [3.8, 4) is 0 Å². The van der Waals surface area contributed by atoms with Crippen molar-refractivity contribution in [3.05, 3.63) is 80.5 Å². The number of anilines is 1. The van der Waals surface area contributed by atoms with Gasteiger partial charge in [-0.15, -0.1) is 11.3 Å². The van der Waals surface area contributed by atoms with Crippen LogP contribution in [0.2, 0.25) is 10.0 Å². The summed E-state index contributed by atoms with van der Waals surface area (Å²) in [7, 11) is -4.07. The molecule has 0 unspecified atom stereocenters. The number of nitrogens with one attached hydrogen (secondary N) is 1. The Morgan fingerprint density at radius 2 is 1.74 bits per heavy atom. The van der Waals surface area contributed by atoms with E-state index in [0.29, 0.717) is 5.71 Å². The van der Waals surface area contributed by atoms with Crippen LogP contribution in [0.1, 0.15) is 17.4 Å². The average Bonchev–Trinajstić information content (AvgIpc) is 3.24. The van der Waals surface area contributed by atoms with E-state index < -0.39 is 22.5 Å². The van der Waals surface area contributed by atoms with Crippen molar-refractivity contribution >= 4 is 61.9 Å². The molecule has 1 amide bonds. The van der Waals surface area contributed by atoms with Crippen molar-refractivity contribution in [2.75, 3.05) is 10.8 Å². The van der Waals surface area contributed by atoms with Crippen LogP contribution in [0.5, 0.6) is 0 Å². The number of rotatable bonds is 7. The lowest BCUT2D eigenvalue weighted by Crippen LogP contribution is -2.39. The van der Waals surface area contributed by atoms with Gasteiger partial charge in [-0.3, -0.25) is 9.10 Å². The molecular weight excluding hydrogens is 477 g/mol. The van der Waals surface area contributed by atoms with E-state index in [1.54, 1.807) is 19.1 Å². The number of carbonyl (C=O) groups is 1. The second kappa shape index (κ2) is 9.82. The maximum Gasteiger partial charge on any atom is 0.264 e. The number of benzene rings is 2. The van der Waals surface area contributed by atoms with Crippen LogP contribution < -0.4 is 9.73 Å². The Hall–Kier alpha value is -2.39. The first-order valence-corrected chi connectivity index (χ1v) is 12.2. The SMILES string of the molecule is C/C(=N/NC(=O)CN(c1cc(Cl)cc(Cl)c1)S(=O)(=O)c1ccc(C)cc1)c1cccs1. The summed E-state index contributed by atoms with van der Waals surface area (Å²) in [5, 5.41) is 6.46. The molecule has 0 spiro atoms. The molecule has 0 aliphatic heterocycles. The zero-order valence-electron chi connectivity index (χ0n) is 16.7. The number of hydrazone groups is 1. The average molecular weight is 496 g/mol. The van der Waals surface area contributed by atoms with Gasteiger partial charge in [0.2, 0.25) is 0 Å². The summed E-state index contributed by atoms with van der Waals surface area (Å²) in [5.74, 6) is -0.609. The quantitative estimate of drug-likeness (QED) is 0.365. The van der Waals surface area contributed by atoms with Crippen LogP contribution in [-0.4, -0.2) is 26.6 Å². The van der Waals surface area contributed by atoms with E-state index >= 15 is 0 Å². The Labute approximate surface area is 195 Å². The van der Waals surface area contributed by atoms with E-state index in [0.717, 1.165) is 14.7 Å². The summed E-state index contributed by atoms with van der Waals surface area (Å²) in [4.78, 5) is 13.6. The third kappa shape index (κ3) is 5.86. The second-order valence-electron chi connectivity index (χ2n) is 6.66. The Bertz CT molecular complexity index is 1190. The molecule has 0 fully saturated rings. The normalized spacial score (nSPS) is 11.9. The minimum atomic E-state index is -4.07. The largest absolute Gasteiger partial charge is 0.271 e. The van der Waals surface area contributed by atoms with E-state index in [1.807, 2.05) is 24.4 Å². The van der Waals surface area contributed by atoms with Crippen molar-refractivity contribution < 1.29 is 13.2 Å². The first-order chi connectivity index (χ1) is 14.7. The van der Waals surface area contributed by atoms with E-state index in [9.17, 15) is 13.2 Å². The number of amides is 1. The van der Waals surface area contributed by atoms with Gasteiger partial charge in [-0.1, -0.05) is 47.0 Å². The van der Waals surface area contributed by atoms with Crippen molar-refractivity contribution in [1.82, 2.24) is 5.43 Å². The number of hydrogen-bond donors (Lipinski definition) is 1. The van der Waals surface area contributed by atoms with Crippen LogP contribution in [0.15, 0.2) is 70.0 Å². The monoisotopic (exact) mass is 495 g/mol. The highest BCUT2D eigenvalue weighted by atomic mass is 35.5. The van der Waals surface area contributed by atoms with Crippen LogP contribution >= 0.6 is 34.5 Å². The van der Waals surface area contributed by atoms with Gasteiger partial charge >= 0.3 is 0 Å². The van der Waals surface area contributed by atoms with E-state index in [2.05, 4.69) is 10.5 Å². The molecule has 3 aromatic rings. The molecule has 0 saturated heterocycles. The lowest BCUT2D eigenvalue weighted by atomic mass is 10.2. The van der Waals surface area contributed by atoms with Gasteiger partial charge in [0.15, 0.2) is 0 Å². The van der Waals surface area contributed by atoms with Crippen LogP contribution in [0, 0.1) is 6.92 Å². The van der Waals surface area contributed by atoms with Gasteiger partial charge in [-0.05, 0) is 55.6 Å². The standard InChI is InChI=1S/C21H19Cl2N3O3S2/c1-14-5-7-19(8-6-14)31(28,29)26(18-11-16(22)10-17(23)12-18)13-21(27)25-24-15(2)20-4-3-9-30-20/h3-12H,13H2,1-2H3,(H,25,27)/b24-15-. The van der Waals surface area contributed by atoms with Gasteiger partial charge in [-0.25, -0.2) is 13.8 Å². The Morgan fingerprint density at radius 3 is 2.32 bits per heavy atom. The fourth-order valence-electron chi connectivity index (χ4n) is 2.69. The molecule has 0 saturated carbocycles. The molecule has 0 aliphatic carbocycles. The van der Waals surface area contributed by atoms with Crippen LogP contribution in [0.3, 0.4) is 0 Å². The van der Waals surface area contributed by atoms with E-state index in [4.69, 9.17) is 23.2 Å². The van der Waals surface area contributed by atoms with Crippen molar-refractivity contribution in [3.63, 3.8) is 0 Å². The molecule has 0 atom stereocenters. The molecule has 6 nitrogen and oxygen atoms in total. The van der Waals surface area contributed by atoms with Gasteiger partial charge in [0, 0.05) is 14.9 Å². The smallest absolute Gasteiger partial charge is 0.264 e. The summed E-state index contributed by atoms with van der Waals surface area (Å²) in [6, 6.07) is 14.5. The lowest BCUT2D eigenvalue weighted by molar-refractivity contribution is -0.119. The van der Waals surface area contributed by atoms with E-state index in [1.165, 1.54) is 41.7 Å². The van der Waals surface area contributed by atoms with Crippen molar-refractivity contribution in [2.24, 2.45) is 5.10 Å². The molecule has 1 N–H and O–H groups in total. The molecule has 1 aromatic heterocycles. The fraction of sp³-hybridized carbons (Fsp3) is 0.143. The molecule has 0 bridgehead atoms. The number of aryl methyl sites for hydroxylation is 1. The van der Waals surface area contributed by atoms with Crippen molar-refractivity contribution in [1.29, 1.82) is 0 Å². The maximum atomic E-state index is 13.4. The highest BCUT2D eigenvalue weighted by Gasteiger charge is 2.27. The van der Waals surface area contributed by atoms with Crippen LogP contribution in [-0.2, 0) is 14.8 Å². The molecular formula is C21H19Cl2N3O3S2. The van der Waals surface area contributed by atoms with E-state index in [-0.39, 0.29) is 20.6 Å². The van der Waals surface area contributed by atoms with Gasteiger partial charge < -0.3 is 0 Å². The summed E-state index contributed by atoms with van der Waals surface area (Å²) >= 11 is 13.6. The topological polar surface area (TPSA) is 78.8 Å². The summed E-state index contributed by atoms with van der Waals surface area (Å²) in [6.45, 7) is 3.10. The Balaban J connectivity index is 1.93. The minimum Gasteiger partial charge on any atom is -0.271 e. The molecule has 1 heterocycles. The summed E-state index contributed by atoms with van der Waals surface area (Å²) < 4.78 is 27.7. The van der Waals surface area contributed by atoms with Gasteiger partial charge in [-0.2, -0.15) is 5.10 Å². The number of thiophene rings is 1. The zero-order valence-corrected chi connectivity index (χ0v) is 19.8. The minimum absolute atomic E-state index is 0.0419. The predicted octanol–water partition coefficient (Wildman–Crippen LogP) is 5.10. The molecule has 0 aliphatic rings. The number of sulfonamides is 1. The number of halogens is 2. The molecule has 0 radical (unpaired) electrons. The third-order valence-corrected chi connectivity index (χ3v) is 7.46. The van der Waals surface area contributed by atoms with Crippen LogP contribution in [0.25, 0.3) is 0 Å². The summed E-state index contributed by atoms with van der Waals surface area (Å²) in [5.41, 5.74) is 4.11. The molecule has 162 valence electrons. The fourth-order valence-corrected chi connectivity index (χ4v) is 5.28. The Morgan fingerprint density at radius 1 is 1.10 bits per heavy atom. The molecule has 10 heteroatoms. The Kier molecular flexibility index (Phi) is 7.38. The second-order valence-corrected chi connectivity index (χ2v) is 10.3. The zero-order chi connectivity index (χ0) is 22.6. The van der Waals surface area contributed by atoms with Crippen LogP contribution in [0.4, 0.5) is 5.69 Å². The highest BCUT2D eigenvalue weighted by Crippen LogP contribution is 2.29. The number of nitrogens with zero attached hydrogens (tertiary/aromatic N) is 2. The van der Waals surface area contributed by atoms with Gasteiger partial charge in [0.1, 0.15) is 6.54 Å². The predicted molar refractivity (Wildman–Crippen MR) is 127 cm³/mol. The lowest BCUT2D eigenvalue weighted by Gasteiger charge is -2.24. The molecule has 31 heavy (non-hydrogen) atoms. The van der Waals surface area contributed by atoms with Gasteiger partial charge in [0.25, 0.3) is 15.9 Å². The highest BCUT2D eigenvalue weighted by molar-refractivity contribution is 7.92. The maximum absolute atomic E-state index is 13.4. The number of carbonyl (C=O) groups excluding carboxylic acids is 1. The van der Waals surface area contributed by atoms with Crippen molar-refractivity contribution in [2.45, 2.75) is 18.7 Å².